The van der Waals surface area contributed by atoms with Crippen molar-refractivity contribution in [3.63, 3.8) is 0 Å². The molecule has 4 nitrogen and oxygen atoms in total. The van der Waals surface area contributed by atoms with E-state index in [-0.39, 0.29) is 5.92 Å². The van der Waals surface area contributed by atoms with Gasteiger partial charge in [-0.3, -0.25) is 0 Å². The van der Waals surface area contributed by atoms with Crippen LogP contribution in [0.4, 0.5) is 0 Å². The molecule has 1 N–H and O–H groups in total. The van der Waals surface area contributed by atoms with Crippen LogP contribution in [0.15, 0.2) is 59.7 Å². The van der Waals surface area contributed by atoms with Gasteiger partial charge >= 0.3 is 0 Å². The summed E-state index contributed by atoms with van der Waals surface area (Å²) in [5.41, 5.74) is 11.7. The first-order valence-corrected chi connectivity index (χ1v) is 6.19. The van der Waals surface area contributed by atoms with Crippen molar-refractivity contribution in [1.29, 1.82) is 0 Å². The summed E-state index contributed by atoms with van der Waals surface area (Å²) in [5, 5.41) is 14.2. The highest BCUT2D eigenvalue weighted by molar-refractivity contribution is 5.46. The number of aliphatic hydroxyl groups excluding tert-OH is 1. The maximum atomic E-state index is 10.5. The molecule has 0 unspecified atom stereocenters. The predicted octanol–water partition coefficient (Wildman–Crippen LogP) is 3.54. The van der Waals surface area contributed by atoms with Gasteiger partial charge < -0.3 is 5.11 Å². The number of nitrogens with zero attached hydrogens (tertiary/aromatic N) is 3. The fraction of sp³-hybridized carbons (Fsp3) is 0.200. The second-order valence-electron chi connectivity index (χ2n) is 4.66. The van der Waals surface area contributed by atoms with E-state index in [1.807, 2.05) is 54.6 Å². The molecular weight excluding hydrogens is 238 g/mol. The van der Waals surface area contributed by atoms with Crippen LogP contribution < -0.4 is 0 Å². The number of benzene rings is 2. The molecule has 3 rings (SSSR count). The van der Waals surface area contributed by atoms with Gasteiger partial charge in [-0.15, -0.1) is 0 Å². The number of fused-ring (bicyclic) bond motifs is 1. The Morgan fingerprint density at radius 3 is 2.26 bits per heavy atom. The maximum Gasteiger partial charge on any atom is 0.0896 e. The molecule has 0 heterocycles. The molecular formula is C15H13N3O. The van der Waals surface area contributed by atoms with E-state index >= 15 is 0 Å². The van der Waals surface area contributed by atoms with Gasteiger partial charge in [0, 0.05) is 10.8 Å². The van der Waals surface area contributed by atoms with Crippen molar-refractivity contribution in [3.8, 4) is 0 Å². The van der Waals surface area contributed by atoms with Crippen molar-refractivity contribution in [3.05, 3.63) is 81.7 Å². The average molecular weight is 251 g/mol. The minimum absolute atomic E-state index is 0.132. The summed E-state index contributed by atoms with van der Waals surface area (Å²) in [6.45, 7) is 0. The lowest BCUT2D eigenvalue weighted by atomic mass is 9.91. The SMILES string of the molecule is [N-]=[N+]=N[C@@H]1c2ccccc2[C@H](c2ccccc2)[C@H]1O. The van der Waals surface area contributed by atoms with Gasteiger partial charge in [-0.25, -0.2) is 0 Å². The molecule has 19 heavy (non-hydrogen) atoms. The molecule has 0 saturated carbocycles. The van der Waals surface area contributed by atoms with Gasteiger partial charge in [-0.1, -0.05) is 59.7 Å². The minimum Gasteiger partial charge on any atom is -0.391 e. The molecule has 0 radical (unpaired) electrons. The average Bonchev–Trinajstić information content (AvgIpc) is 2.73. The third-order valence-corrected chi connectivity index (χ3v) is 3.65. The van der Waals surface area contributed by atoms with Crippen LogP contribution >= 0.6 is 0 Å². The second-order valence-corrected chi connectivity index (χ2v) is 4.66. The third-order valence-electron chi connectivity index (χ3n) is 3.65. The molecule has 3 atom stereocenters. The van der Waals surface area contributed by atoms with Crippen LogP contribution in [0.5, 0.6) is 0 Å². The Kier molecular flexibility index (Phi) is 2.95. The number of hydrogen-bond donors (Lipinski definition) is 1. The summed E-state index contributed by atoms with van der Waals surface area (Å²) in [4.78, 5) is 2.86. The molecule has 1 aliphatic rings. The van der Waals surface area contributed by atoms with E-state index < -0.39 is 12.1 Å². The number of rotatable bonds is 2. The number of aliphatic hydroxyl groups is 1. The highest BCUT2D eigenvalue weighted by Crippen LogP contribution is 2.45. The lowest BCUT2D eigenvalue weighted by Crippen LogP contribution is -2.17. The van der Waals surface area contributed by atoms with E-state index in [2.05, 4.69) is 10.0 Å². The van der Waals surface area contributed by atoms with E-state index in [0.29, 0.717) is 0 Å². The van der Waals surface area contributed by atoms with Crippen LogP contribution in [0.2, 0.25) is 0 Å². The van der Waals surface area contributed by atoms with Crippen LogP contribution in [0.25, 0.3) is 10.4 Å². The van der Waals surface area contributed by atoms with Gasteiger partial charge in [0.2, 0.25) is 0 Å². The molecule has 1 aliphatic carbocycles. The minimum atomic E-state index is -0.712. The fourth-order valence-electron chi connectivity index (χ4n) is 2.84. The topological polar surface area (TPSA) is 69.0 Å². The number of azide groups is 1. The lowest BCUT2D eigenvalue weighted by molar-refractivity contribution is 0.142. The third kappa shape index (κ3) is 1.87. The largest absolute Gasteiger partial charge is 0.391 e. The Bertz CT molecular complexity index is 635. The van der Waals surface area contributed by atoms with Crippen LogP contribution in [-0.2, 0) is 0 Å². The first kappa shape index (κ1) is 11.8. The van der Waals surface area contributed by atoms with Gasteiger partial charge in [0.05, 0.1) is 12.1 Å². The zero-order chi connectivity index (χ0) is 13.2. The molecule has 94 valence electrons. The van der Waals surface area contributed by atoms with Gasteiger partial charge in [-0.05, 0) is 22.2 Å². The molecule has 0 bridgehead atoms. The summed E-state index contributed by atoms with van der Waals surface area (Å²) in [7, 11) is 0. The highest BCUT2D eigenvalue weighted by Gasteiger charge is 2.39. The Hall–Kier alpha value is -2.29. The van der Waals surface area contributed by atoms with Crippen molar-refractivity contribution in [2.75, 3.05) is 0 Å². The number of hydrogen-bond acceptors (Lipinski definition) is 2. The van der Waals surface area contributed by atoms with Crippen molar-refractivity contribution >= 4 is 0 Å². The Morgan fingerprint density at radius 2 is 1.58 bits per heavy atom. The predicted molar refractivity (Wildman–Crippen MR) is 72.6 cm³/mol. The summed E-state index contributed by atoms with van der Waals surface area (Å²) >= 11 is 0. The van der Waals surface area contributed by atoms with E-state index in [1.54, 1.807) is 0 Å². The Morgan fingerprint density at radius 1 is 0.947 bits per heavy atom. The second kappa shape index (κ2) is 4.76. The van der Waals surface area contributed by atoms with Crippen molar-refractivity contribution < 1.29 is 5.11 Å². The lowest BCUT2D eigenvalue weighted by Gasteiger charge is -2.18. The summed E-state index contributed by atoms with van der Waals surface area (Å²) in [6, 6.07) is 17.1. The van der Waals surface area contributed by atoms with Crippen molar-refractivity contribution in [1.82, 2.24) is 0 Å². The first-order chi connectivity index (χ1) is 9.33. The van der Waals surface area contributed by atoms with Gasteiger partial charge in [0.1, 0.15) is 0 Å². The van der Waals surface area contributed by atoms with Crippen LogP contribution in [0.3, 0.4) is 0 Å². The van der Waals surface area contributed by atoms with Crippen molar-refractivity contribution in [2.45, 2.75) is 18.1 Å². The van der Waals surface area contributed by atoms with E-state index in [9.17, 15) is 5.11 Å². The van der Waals surface area contributed by atoms with Gasteiger partial charge in [-0.2, -0.15) is 0 Å². The molecule has 0 spiro atoms. The standard InChI is InChI=1S/C15H13N3O/c16-18-17-14-12-9-5-4-8-11(12)13(15(14)19)10-6-2-1-3-7-10/h1-9,13-15,19H/t13-,14+,15+/m0/s1. The zero-order valence-corrected chi connectivity index (χ0v) is 10.2. The highest BCUT2D eigenvalue weighted by atomic mass is 16.3. The molecule has 0 amide bonds. The van der Waals surface area contributed by atoms with E-state index in [1.165, 1.54) is 0 Å². The quantitative estimate of drug-likeness (QED) is 0.495. The molecule has 0 fully saturated rings. The van der Waals surface area contributed by atoms with E-state index in [0.717, 1.165) is 16.7 Å². The van der Waals surface area contributed by atoms with Crippen LogP contribution in [0, 0.1) is 0 Å². The Labute approximate surface area is 111 Å². The first-order valence-electron chi connectivity index (χ1n) is 6.19. The molecule has 2 aromatic rings. The molecule has 4 heteroatoms. The van der Waals surface area contributed by atoms with Gasteiger partial charge in [0.15, 0.2) is 0 Å². The van der Waals surface area contributed by atoms with Crippen LogP contribution in [-0.4, -0.2) is 11.2 Å². The van der Waals surface area contributed by atoms with Crippen LogP contribution in [0.1, 0.15) is 28.7 Å². The fourth-order valence-corrected chi connectivity index (χ4v) is 2.84. The van der Waals surface area contributed by atoms with Gasteiger partial charge in [0.25, 0.3) is 0 Å². The maximum absolute atomic E-state index is 10.5. The summed E-state index contributed by atoms with van der Waals surface area (Å²) in [6.07, 6.45) is -0.712. The van der Waals surface area contributed by atoms with E-state index in [4.69, 9.17) is 5.53 Å². The molecule has 0 saturated heterocycles. The monoisotopic (exact) mass is 251 g/mol. The zero-order valence-electron chi connectivity index (χ0n) is 10.2. The molecule has 0 aliphatic heterocycles. The molecule has 0 aromatic heterocycles. The summed E-state index contributed by atoms with van der Waals surface area (Å²) < 4.78 is 0. The molecule has 2 aromatic carbocycles. The Balaban J connectivity index is 2.14. The van der Waals surface area contributed by atoms with Crippen molar-refractivity contribution in [2.24, 2.45) is 5.11 Å². The summed E-state index contributed by atoms with van der Waals surface area (Å²) in [5.74, 6) is -0.132. The smallest absolute Gasteiger partial charge is 0.0896 e. The normalized spacial score (nSPS) is 24.6.